The molecule has 0 saturated heterocycles. The molecule has 2 nitrogen and oxygen atoms in total. The summed E-state index contributed by atoms with van der Waals surface area (Å²) in [5.41, 5.74) is 3.87. The molecule has 0 spiro atoms. The van der Waals surface area contributed by atoms with Gasteiger partial charge in [0.1, 0.15) is 0 Å². The van der Waals surface area contributed by atoms with E-state index in [1.807, 2.05) is 6.07 Å². The Morgan fingerprint density at radius 1 is 0.950 bits per heavy atom. The molecule has 0 aromatic heterocycles. The van der Waals surface area contributed by atoms with Gasteiger partial charge in [0.05, 0.1) is 6.61 Å². The fraction of sp³-hybridized carbons (Fsp3) is 0.333. The highest BCUT2D eigenvalue weighted by Crippen LogP contribution is 2.05. The quantitative estimate of drug-likeness (QED) is 0.738. The Labute approximate surface area is 121 Å². The fourth-order valence-electron chi connectivity index (χ4n) is 2.12. The second kappa shape index (κ2) is 8.51. The van der Waals surface area contributed by atoms with Crippen LogP contribution in [0.15, 0.2) is 54.6 Å². The first-order valence-electron chi connectivity index (χ1n) is 7.22. The molecule has 0 unspecified atom stereocenters. The summed E-state index contributed by atoms with van der Waals surface area (Å²) in [4.78, 5) is 0. The number of hydrogen-bond donors (Lipinski definition) is 1. The Kier molecular flexibility index (Phi) is 6.28. The van der Waals surface area contributed by atoms with Gasteiger partial charge in [0.15, 0.2) is 0 Å². The normalized spacial score (nSPS) is 10.7. The van der Waals surface area contributed by atoms with Crippen LogP contribution < -0.4 is 5.32 Å². The van der Waals surface area contributed by atoms with Crippen LogP contribution in [0.25, 0.3) is 0 Å². The number of hydrogen-bond acceptors (Lipinski definition) is 2. The van der Waals surface area contributed by atoms with E-state index in [0.717, 1.165) is 26.1 Å². The zero-order chi connectivity index (χ0) is 14.0. The van der Waals surface area contributed by atoms with E-state index in [2.05, 4.69) is 60.8 Å². The van der Waals surface area contributed by atoms with E-state index in [9.17, 15) is 0 Å². The van der Waals surface area contributed by atoms with Crippen LogP contribution in [-0.2, 0) is 17.9 Å². The van der Waals surface area contributed by atoms with Crippen molar-refractivity contribution in [1.82, 2.24) is 5.32 Å². The van der Waals surface area contributed by atoms with Gasteiger partial charge >= 0.3 is 0 Å². The molecule has 2 aromatic rings. The number of rotatable bonds is 8. The van der Waals surface area contributed by atoms with Crippen molar-refractivity contribution in [2.75, 3.05) is 13.2 Å². The van der Waals surface area contributed by atoms with Gasteiger partial charge in [0.2, 0.25) is 0 Å². The van der Waals surface area contributed by atoms with E-state index < -0.39 is 0 Å². The molecule has 0 radical (unpaired) electrons. The molecule has 0 atom stereocenters. The molecular weight excluding hydrogens is 246 g/mol. The first-order chi connectivity index (χ1) is 9.84. The Morgan fingerprint density at radius 3 is 2.55 bits per heavy atom. The lowest BCUT2D eigenvalue weighted by Gasteiger charge is -2.07. The lowest BCUT2D eigenvalue weighted by atomic mass is 10.1. The maximum absolute atomic E-state index is 5.69. The predicted octanol–water partition coefficient (Wildman–Crippen LogP) is 3.69. The summed E-state index contributed by atoms with van der Waals surface area (Å²) in [5, 5.41) is 3.43. The lowest BCUT2D eigenvalue weighted by molar-refractivity contribution is 0.118. The van der Waals surface area contributed by atoms with Gasteiger partial charge in [0, 0.05) is 13.2 Å². The van der Waals surface area contributed by atoms with E-state index in [4.69, 9.17) is 4.74 Å². The predicted molar refractivity (Wildman–Crippen MR) is 83.6 cm³/mol. The third kappa shape index (κ3) is 5.55. The minimum atomic E-state index is 0.709. The Hall–Kier alpha value is -1.64. The third-order valence-corrected chi connectivity index (χ3v) is 3.17. The van der Waals surface area contributed by atoms with Crippen molar-refractivity contribution in [3.63, 3.8) is 0 Å². The number of nitrogens with one attached hydrogen (secondary N) is 1. The topological polar surface area (TPSA) is 21.3 Å². The number of benzene rings is 2. The van der Waals surface area contributed by atoms with Gasteiger partial charge in [-0.2, -0.15) is 0 Å². The van der Waals surface area contributed by atoms with E-state index >= 15 is 0 Å². The number of aryl methyl sites for hydroxylation is 1. The molecule has 20 heavy (non-hydrogen) atoms. The van der Waals surface area contributed by atoms with E-state index in [-0.39, 0.29) is 0 Å². The van der Waals surface area contributed by atoms with Gasteiger partial charge < -0.3 is 10.1 Å². The SMILES string of the molecule is Cc1cccc(COCCCNCc2ccccc2)c1. The molecule has 0 saturated carbocycles. The smallest absolute Gasteiger partial charge is 0.0716 e. The third-order valence-electron chi connectivity index (χ3n) is 3.17. The molecule has 0 aliphatic heterocycles. The minimum Gasteiger partial charge on any atom is -0.377 e. The van der Waals surface area contributed by atoms with Crippen LogP contribution in [0.1, 0.15) is 23.1 Å². The molecule has 106 valence electrons. The first-order valence-corrected chi connectivity index (χ1v) is 7.22. The summed E-state index contributed by atoms with van der Waals surface area (Å²) >= 11 is 0. The van der Waals surface area contributed by atoms with Crippen molar-refractivity contribution < 1.29 is 4.74 Å². The van der Waals surface area contributed by atoms with Gasteiger partial charge in [-0.3, -0.25) is 0 Å². The van der Waals surface area contributed by atoms with Gasteiger partial charge in [-0.05, 0) is 31.0 Å². The van der Waals surface area contributed by atoms with Gasteiger partial charge in [-0.25, -0.2) is 0 Å². The van der Waals surface area contributed by atoms with Gasteiger partial charge in [-0.15, -0.1) is 0 Å². The summed E-state index contributed by atoms with van der Waals surface area (Å²) in [6.07, 6.45) is 1.04. The Balaban J connectivity index is 1.52. The molecule has 2 heteroatoms. The average Bonchev–Trinajstić information content (AvgIpc) is 2.47. The van der Waals surface area contributed by atoms with Crippen LogP contribution in [0, 0.1) is 6.92 Å². The van der Waals surface area contributed by atoms with Crippen molar-refractivity contribution in [2.45, 2.75) is 26.5 Å². The summed E-state index contributed by atoms with van der Waals surface area (Å²) < 4.78 is 5.69. The second-order valence-electron chi connectivity index (χ2n) is 5.06. The largest absolute Gasteiger partial charge is 0.377 e. The number of ether oxygens (including phenoxy) is 1. The average molecular weight is 269 g/mol. The van der Waals surface area contributed by atoms with Crippen LogP contribution in [0.2, 0.25) is 0 Å². The van der Waals surface area contributed by atoms with Crippen LogP contribution >= 0.6 is 0 Å². The van der Waals surface area contributed by atoms with Crippen LogP contribution in [0.5, 0.6) is 0 Å². The second-order valence-corrected chi connectivity index (χ2v) is 5.06. The Bertz CT molecular complexity index is 496. The van der Waals surface area contributed by atoms with Gasteiger partial charge in [-0.1, -0.05) is 60.2 Å². The lowest BCUT2D eigenvalue weighted by Crippen LogP contribution is -2.16. The first kappa shape index (κ1) is 14.8. The van der Waals surface area contributed by atoms with Crippen LogP contribution in [-0.4, -0.2) is 13.2 Å². The van der Waals surface area contributed by atoms with Crippen LogP contribution in [0.3, 0.4) is 0 Å². The molecule has 1 N–H and O–H groups in total. The van der Waals surface area contributed by atoms with Crippen molar-refractivity contribution in [3.8, 4) is 0 Å². The van der Waals surface area contributed by atoms with Crippen molar-refractivity contribution in [1.29, 1.82) is 0 Å². The maximum Gasteiger partial charge on any atom is 0.0716 e. The monoisotopic (exact) mass is 269 g/mol. The summed E-state index contributed by atoms with van der Waals surface area (Å²) in [5.74, 6) is 0. The van der Waals surface area contributed by atoms with E-state index in [0.29, 0.717) is 6.61 Å². The molecule has 0 bridgehead atoms. The molecule has 2 rings (SSSR count). The molecule has 0 fully saturated rings. The Morgan fingerprint density at radius 2 is 1.75 bits per heavy atom. The zero-order valence-corrected chi connectivity index (χ0v) is 12.1. The summed E-state index contributed by atoms with van der Waals surface area (Å²) in [6, 6.07) is 18.9. The summed E-state index contributed by atoms with van der Waals surface area (Å²) in [6.45, 7) is 5.54. The van der Waals surface area contributed by atoms with Crippen molar-refractivity contribution >= 4 is 0 Å². The highest BCUT2D eigenvalue weighted by Gasteiger charge is 1.95. The molecular formula is C18H23NO. The minimum absolute atomic E-state index is 0.709. The van der Waals surface area contributed by atoms with Gasteiger partial charge in [0.25, 0.3) is 0 Å². The highest BCUT2D eigenvalue weighted by molar-refractivity contribution is 5.21. The van der Waals surface area contributed by atoms with Crippen molar-refractivity contribution in [2.24, 2.45) is 0 Å². The summed E-state index contributed by atoms with van der Waals surface area (Å²) in [7, 11) is 0. The molecule has 0 amide bonds. The van der Waals surface area contributed by atoms with E-state index in [1.54, 1.807) is 0 Å². The van der Waals surface area contributed by atoms with Crippen LogP contribution in [0.4, 0.5) is 0 Å². The zero-order valence-electron chi connectivity index (χ0n) is 12.1. The maximum atomic E-state index is 5.69. The molecule has 0 aliphatic rings. The molecule has 0 aliphatic carbocycles. The van der Waals surface area contributed by atoms with Crippen molar-refractivity contribution in [3.05, 3.63) is 71.3 Å². The van der Waals surface area contributed by atoms with E-state index in [1.165, 1.54) is 16.7 Å². The molecule has 0 heterocycles. The molecule has 2 aromatic carbocycles. The highest BCUT2D eigenvalue weighted by atomic mass is 16.5. The standard InChI is InChI=1S/C18H23NO/c1-16-7-5-10-18(13-16)15-20-12-6-11-19-14-17-8-3-2-4-9-17/h2-5,7-10,13,19H,6,11-12,14-15H2,1H3. The fourth-order valence-corrected chi connectivity index (χ4v) is 2.12.